The van der Waals surface area contributed by atoms with Crippen molar-refractivity contribution in [2.75, 3.05) is 6.54 Å². The van der Waals surface area contributed by atoms with Crippen LogP contribution in [0.5, 0.6) is 11.5 Å². The van der Waals surface area contributed by atoms with Gasteiger partial charge in [0.05, 0.1) is 24.5 Å². The molecule has 2 rings (SSSR count). The number of alkyl halides is 2. The molecule has 24 heavy (non-hydrogen) atoms. The second-order valence-electron chi connectivity index (χ2n) is 5.26. The van der Waals surface area contributed by atoms with Crippen LogP contribution in [-0.4, -0.2) is 39.8 Å². The van der Waals surface area contributed by atoms with E-state index in [1.165, 1.54) is 24.8 Å². The Hall–Kier alpha value is -2.64. The van der Waals surface area contributed by atoms with Gasteiger partial charge in [-0.3, -0.25) is 4.79 Å². The van der Waals surface area contributed by atoms with Crippen LogP contribution in [-0.2, 0) is 0 Å². The summed E-state index contributed by atoms with van der Waals surface area (Å²) < 4.78 is 44.5. The van der Waals surface area contributed by atoms with Crippen molar-refractivity contribution in [3.8, 4) is 11.5 Å². The lowest BCUT2D eigenvalue weighted by atomic mass is 10.1. The first-order chi connectivity index (χ1) is 11.4. The second kappa shape index (κ2) is 7.76. The Bertz CT molecular complexity index is 696. The molecule has 0 unspecified atom stereocenters. The lowest BCUT2D eigenvalue weighted by molar-refractivity contribution is 0.0473. The van der Waals surface area contributed by atoms with Gasteiger partial charge >= 0.3 is 0 Å². The van der Waals surface area contributed by atoms with Crippen molar-refractivity contribution in [3.63, 3.8) is 0 Å². The number of hydrogen-bond donors (Lipinski definition) is 0. The highest BCUT2D eigenvalue weighted by molar-refractivity contribution is 5.97. The van der Waals surface area contributed by atoms with Crippen molar-refractivity contribution in [1.29, 1.82) is 0 Å². The molecular formula is C16H16F3N3O2. The molecule has 1 heterocycles. The SMILES string of the molecule is CC(C)N(CC(F)F)C(=O)c1cc(F)ccc1Oc1cncnc1. The van der Waals surface area contributed by atoms with Crippen LogP contribution in [0.15, 0.2) is 36.9 Å². The largest absolute Gasteiger partial charge is 0.453 e. The van der Waals surface area contributed by atoms with E-state index in [4.69, 9.17) is 4.74 Å². The number of benzene rings is 1. The van der Waals surface area contributed by atoms with Crippen molar-refractivity contribution in [2.24, 2.45) is 0 Å². The quantitative estimate of drug-likeness (QED) is 0.808. The average molecular weight is 339 g/mol. The number of rotatable bonds is 6. The number of halogens is 3. The molecule has 0 radical (unpaired) electrons. The van der Waals surface area contributed by atoms with Crippen LogP contribution in [0.3, 0.4) is 0 Å². The van der Waals surface area contributed by atoms with Crippen LogP contribution < -0.4 is 4.74 Å². The minimum atomic E-state index is -2.70. The fourth-order valence-corrected chi connectivity index (χ4v) is 2.06. The summed E-state index contributed by atoms with van der Waals surface area (Å²) in [5.41, 5.74) is -0.145. The number of amides is 1. The number of carbonyl (C=O) groups excluding carboxylic acids is 1. The highest BCUT2D eigenvalue weighted by atomic mass is 19.3. The number of carbonyl (C=O) groups is 1. The molecule has 0 N–H and O–H groups in total. The number of hydrogen-bond acceptors (Lipinski definition) is 4. The number of nitrogens with zero attached hydrogens (tertiary/aromatic N) is 3. The van der Waals surface area contributed by atoms with Crippen LogP contribution in [0.1, 0.15) is 24.2 Å². The van der Waals surface area contributed by atoms with Gasteiger partial charge in [-0.15, -0.1) is 0 Å². The molecule has 0 aliphatic rings. The first-order valence-electron chi connectivity index (χ1n) is 7.20. The van der Waals surface area contributed by atoms with E-state index in [1.807, 2.05) is 0 Å². The van der Waals surface area contributed by atoms with Gasteiger partial charge in [-0.2, -0.15) is 0 Å². The molecule has 8 heteroatoms. The molecule has 1 aromatic carbocycles. The van der Waals surface area contributed by atoms with Crippen LogP contribution in [0.4, 0.5) is 13.2 Å². The Morgan fingerprint density at radius 2 is 1.92 bits per heavy atom. The smallest absolute Gasteiger partial charge is 0.258 e. The van der Waals surface area contributed by atoms with Gasteiger partial charge in [0.25, 0.3) is 12.3 Å². The van der Waals surface area contributed by atoms with Gasteiger partial charge < -0.3 is 9.64 Å². The van der Waals surface area contributed by atoms with Crippen molar-refractivity contribution in [3.05, 3.63) is 48.3 Å². The van der Waals surface area contributed by atoms with Crippen molar-refractivity contribution < 1.29 is 22.7 Å². The molecule has 1 aromatic heterocycles. The maximum atomic E-state index is 13.6. The minimum absolute atomic E-state index is 0.0381. The third kappa shape index (κ3) is 4.43. The van der Waals surface area contributed by atoms with Crippen molar-refractivity contribution in [2.45, 2.75) is 26.3 Å². The van der Waals surface area contributed by atoms with E-state index in [0.717, 1.165) is 17.0 Å². The summed E-state index contributed by atoms with van der Waals surface area (Å²) in [5.74, 6) is -1.13. The molecule has 0 aliphatic carbocycles. The molecular weight excluding hydrogens is 323 g/mol. The molecule has 1 amide bonds. The highest BCUT2D eigenvalue weighted by Crippen LogP contribution is 2.27. The molecule has 0 saturated heterocycles. The van der Waals surface area contributed by atoms with E-state index in [0.29, 0.717) is 0 Å². The van der Waals surface area contributed by atoms with E-state index < -0.39 is 30.7 Å². The molecule has 0 spiro atoms. The van der Waals surface area contributed by atoms with E-state index in [-0.39, 0.29) is 17.1 Å². The molecule has 5 nitrogen and oxygen atoms in total. The molecule has 0 saturated carbocycles. The van der Waals surface area contributed by atoms with Gasteiger partial charge in [0.2, 0.25) is 0 Å². The van der Waals surface area contributed by atoms with E-state index in [9.17, 15) is 18.0 Å². The molecule has 0 bridgehead atoms. The standard InChI is InChI=1S/C16H16F3N3O2/c1-10(2)22(8-15(18)19)16(23)13-5-11(17)3-4-14(13)24-12-6-20-9-21-7-12/h3-7,9-10,15H,8H2,1-2H3. The lowest BCUT2D eigenvalue weighted by Crippen LogP contribution is -2.40. The van der Waals surface area contributed by atoms with Gasteiger partial charge in [-0.25, -0.2) is 23.1 Å². The third-order valence-electron chi connectivity index (χ3n) is 3.16. The Balaban J connectivity index is 2.36. The van der Waals surface area contributed by atoms with E-state index >= 15 is 0 Å². The highest BCUT2D eigenvalue weighted by Gasteiger charge is 2.25. The summed E-state index contributed by atoms with van der Waals surface area (Å²) in [6.45, 7) is 2.46. The summed E-state index contributed by atoms with van der Waals surface area (Å²) in [6.07, 6.45) is 1.33. The van der Waals surface area contributed by atoms with Gasteiger partial charge in [0.15, 0.2) is 5.75 Å². The van der Waals surface area contributed by atoms with Crippen LogP contribution in [0, 0.1) is 5.82 Å². The van der Waals surface area contributed by atoms with Gasteiger partial charge in [-0.05, 0) is 32.0 Å². The fraction of sp³-hybridized carbons (Fsp3) is 0.312. The Morgan fingerprint density at radius 1 is 1.25 bits per heavy atom. The fourth-order valence-electron chi connectivity index (χ4n) is 2.06. The topological polar surface area (TPSA) is 55.3 Å². The second-order valence-corrected chi connectivity index (χ2v) is 5.26. The van der Waals surface area contributed by atoms with E-state index in [2.05, 4.69) is 9.97 Å². The Kier molecular flexibility index (Phi) is 5.73. The van der Waals surface area contributed by atoms with Crippen molar-refractivity contribution >= 4 is 5.91 Å². The minimum Gasteiger partial charge on any atom is -0.453 e. The monoisotopic (exact) mass is 339 g/mol. The predicted molar refractivity (Wildman–Crippen MR) is 80.7 cm³/mol. The zero-order valence-corrected chi connectivity index (χ0v) is 13.1. The summed E-state index contributed by atoms with van der Waals surface area (Å²) >= 11 is 0. The van der Waals surface area contributed by atoms with Crippen LogP contribution in [0.25, 0.3) is 0 Å². The molecule has 0 atom stereocenters. The van der Waals surface area contributed by atoms with E-state index in [1.54, 1.807) is 13.8 Å². The summed E-state index contributed by atoms with van der Waals surface area (Å²) in [6, 6.07) is 2.85. The van der Waals surface area contributed by atoms with Gasteiger partial charge in [0, 0.05) is 6.04 Å². The first-order valence-corrected chi connectivity index (χ1v) is 7.20. The van der Waals surface area contributed by atoms with Gasteiger partial charge in [-0.1, -0.05) is 0 Å². The number of aromatic nitrogens is 2. The summed E-state index contributed by atoms with van der Waals surface area (Å²) in [4.78, 5) is 21.1. The van der Waals surface area contributed by atoms with Crippen LogP contribution >= 0.6 is 0 Å². The predicted octanol–water partition coefficient (Wildman–Crippen LogP) is 3.52. The average Bonchev–Trinajstić information content (AvgIpc) is 2.54. The lowest BCUT2D eigenvalue weighted by Gasteiger charge is -2.27. The number of ether oxygens (including phenoxy) is 1. The normalized spacial score (nSPS) is 11.0. The molecule has 128 valence electrons. The zero-order chi connectivity index (χ0) is 17.7. The third-order valence-corrected chi connectivity index (χ3v) is 3.16. The Morgan fingerprint density at radius 3 is 2.50 bits per heavy atom. The molecule has 0 aliphatic heterocycles. The zero-order valence-electron chi connectivity index (χ0n) is 13.1. The first kappa shape index (κ1) is 17.7. The van der Waals surface area contributed by atoms with Crippen LogP contribution in [0.2, 0.25) is 0 Å². The molecule has 2 aromatic rings. The molecule has 0 fully saturated rings. The maximum Gasteiger partial charge on any atom is 0.258 e. The maximum absolute atomic E-state index is 13.6. The Labute approximate surface area is 137 Å². The summed E-state index contributed by atoms with van der Waals surface area (Å²) in [7, 11) is 0. The van der Waals surface area contributed by atoms with Crippen molar-refractivity contribution in [1.82, 2.24) is 14.9 Å². The summed E-state index contributed by atoms with van der Waals surface area (Å²) in [5, 5.41) is 0. The van der Waals surface area contributed by atoms with Gasteiger partial charge in [0.1, 0.15) is 17.9 Å².